The number of thiophene rings is 1. The molecule has 1 saturated carbocycles. The summed E-state index contributed by atoms with van der Waals surface area (Å²) in [6, 6.07) is 2.27. The van der Waals surface area contributed by atoms with E-state index in [0.717, 1.165) is 23.3 Å². The molecule has 1 fully saturated rings. The van der Waals surface area contributed by atoms with Crippen molar-refractivity contribution in [2.75, 3.05) is 13.6 Å². The molecule has 1 aromatic rings. The highest BCUT2D eigenvalue weighted by atomic mass is 32.1. The van der Waals surface area contributed by atoms with Crippen LogP contribution in [0, 0.1) is 11.8 Å². The Morgan fingerprint density at radius 2 is 2.21 bits per heavy atom. The van der Waals surface area contributed by atoms with Crippen LogP contribution in [0.2, 0.25) is 0 Å². The summed E-state index contributed by atoms with van der Waals surface area (Å²) in [5, 5.41) is 1.89. The minimum absolute atomic E-state index is 0.115. The van der Waals surface area contributed by atoms with E-state index < -0.39 is 0 Å². The second-order valence-corrected chi connectivity index (χ2v) is 5.82. The van der Waals surface area contributed by atoms with E-state index in [1.807, 2.05) is 23.4 Å². The van der Waals surface area contributed by atoms with Crippen molar-refractivity contribution in [3.8, 4) is 11.8 Å². The zero-order valence-corrected chi connectivity index (χ0v) is 12.1. The standard InChI is InChI=1S/C15H20N2OS/c1-17(13-6-3-2-4-7-13)15(18)12-10-14(19-11-12)8-5-9-16/h10-11,13H,2-4,6-7,9,16H2,1H3. The van der Waals surface area contributed by atoms with Crippen LogP contribution in [0.1, 0.15) is 47.3 Å². The lowest BCUT2D eigenvalue weighted by Crippen LogP contribution is -2.38. The molecular formula is C15H20N2OS. The molecular weight excluding hydrogens is 256 g/mol. The van der Waals surface area contributed by atoms with Gasteiger partial charge in [0.25, 0.3) is 5.91 Å². The third-order valence-corrected chi connectivity index (χ3v) is 4.45. The molecule has 0 unspecified atom stereocenters. The Morgan fingerprint density at radius 3 is 2.89 bits per heavy atom. The maximum atomic E-state index is 12.4. The predicted octanol–water partition coefficient (Wildman–Crippen LogP) is 2.46. The van der Waals surface area contributed by atoms with Gasteiger partial charge in [0, 0.05) is 18.5 Å². The molecule has 0 aliphatic heterocycles. The predicted molar refractivity (Wildman–Crippen MR) is 79.2 cm³/mol. The second kappa shape index (κ2) is 6.74. The normalized spacial score (nSPS) is 15.7. The largest absolute Gasteiger partial charge is 0.339 e. The summed E-state index contributed by atoms with van der Waals surface area (Å²) in [6.07, 6.45) is 6.03. The number of hydrogen-bond donors (Lipinski definition) is 1. The lowest BCUT2D eigenvalue weighted by Gasteiger charge is -2.31. The fourth-order valence-corrected chi connectivity index (χ4v) is 3.24. The number of rotatable bonds is 2. The van der Waals surface area contributed by atoms with Crippen molar-refractivity contribution < 1.29 is 4.79 Å². The average Bonchev–Trinajstić information content (AvgIpc) is 2.93. The van der Waals surface area contributed by atoms with Crippen LogP contribution in [0.4, 0.5) is 0 Å². The Labute approximate surface area is 118 Å². The molecule has 1 amide bonds. The van der Waals surface area contributed by atoms with E-state index in [9.17, 15) is 4.79 Å². The Bertz CT molecular complexity index is 492. The van der Waals surface area contributed by atoms with Gasteiger partial charge in [0.15, 0.2) is 0 Å². The number of nitrogens with zero attached hydrogens (tertiary/aromatic N) is 1. The first-order valence-electron chi connectivity index (χ1n) is 6.77. The first-order valence-corrected chi connectivity index (χ1v) is 7.65. The van der Waals surface area contributed by atoms with E-state index in [1.54, 1.807) is 0 Å². The highest BCUT2D eigenvalue weighted by Gasteiger charge is 2.23. The van der Waals surface area contributed by atoms with Gasteiger partial charge in [-0.25, -0.2) is 0 Å². The van der Waals surface area contributed by atoms with Gasteiger partial charge in [-0.05, 0) is 18.9 Å². The van der Waals surface area contributed by atoms with Gasteiger partial charge in [-0.2, -0.15) is 0 Å². The summed E-state index contributed by atoms with van der Waals surface area (Å²) in [5.41, 5.74) is 6.09. The minimum atomic E-state index is 0.115. The number of hydrogen-bond acceptors (Lipinski definition) is 3. The minimum Gasteiger partial charge on any atom is -0.339 e. The molecule has 2 N–H and O–H groups in total. The summed E-state index contributed by atoms with van der Waals surface area (Å²) in [7, 11) is 1.92. The van der Waals surface area contributed by atoms with E-state index in [1.165, 1.54) is 30.6 Å². The molecule has 4 heteroatoms. The van der Waals surface area contributed by atoms with Gasteiger partial charge in [-0.1, -0.05) is 31.1 Å². The molecule has 102 valence electrons. The maximum Gasteiger partial charge on any atom is 0.254 e. The van der Waals surface area contributed by atoms with E-state index in [0.29, 0.717) is 12.6 Å². The lowest BCUT2D eigenvalue weighted by molar-refractivity contribution is 0.0697. The summed E-state index contributed by atoms with van der Waals surface area (Å²) < 4.78 is 0. The summed E-state index contributed by atoms with van der Waals surface area (Å²) >= 11 is 1.51. The van der Waals surface area contributed by atoms with Gasteiger partial charge in [0.2, 0.25) is 0 Å². The first-order chi connectivity index (χ1) is 9.22. The van der Waals surface area contributed by atoms with Gasteiger partial charge >= 0.3 is 0 Å². The highest BCUT2D eigenvalue weighted by Crippen LogP contribution is 2.24. The molecule has 1 aromatic heterocycles. The lowest BCUT2D eigenvalue weighted by atomic mass is 9.94. The first kappa shape index (κ1) is 14.1. The Hall–Kier alpha value is -1.31. The Morgan fingerprint density at radius 1 is 1.47 bits per heavy atom. The number of carbonyl (C=O) groups is 1. The molecule has 0 bridgehead atoms. The molecule has 3 nitrogen and oxygen atoms in total. The summed E-state index contributed by atoms with van der Waals surface area (Å²) in [4.78, 5) is 15.2. The Kier molecular flexibility index (Phi) is 5.00. The fraction of sp³-hybridized carbons (Fsp3) is 0.533. The molecule has 1 heterocycles. The molecule has 1 aliphatic rings. The van der Waals surface area contributed by atoms with Crippen LogP contribution in [0.5, 0.6) is 0 Å². The van der Waals surface area contributed by atoms with Crippen LogP contribution in [0.3, 0.4) is 0 Å². The molecule has 0 spiro atoms. The number of nitrogens with two attached hydrogens (primary N) is 1. The van der Waals surface area contributed by atoms with E-state index in [4.69, 9.17) is 5.73 Å². The quantitative estimate of drug-likeness (QED) is 0.843. The van der Waals surface area contributed by atoms with Crippen LogP contribution in [-0.2, 0) is 0 Å². The van der Waals surface area contributed by atoms with E-state index >= 15 is 0 Å². The smallest absolute Gasteiger partial charge is 0.254 e. The highest BCUT2D eigenvalue weighted by molar-refractivity contribution is 7.10. The van der Waals surface area contributed by atoms with Gasteiger partial charge in [-0.15, -0.1) is 11.3 Å². The third-order valence-electron chi connectivity index (χ3n) is 3.60. The SMILES string of the molecule is CN(C(=O)c1csc(C#CCN)c1)C1CCCCC1. The van der Waals surface area contributed by atoms with Gasteiger partial charge in [0.05, 0.1) is 17.0 Å². The monoisotopic (exact) mass is 276 g/mol. The topological polar surface area (TPSA) is 46.3 Å². The molecule has 0 atom stereocenters. The summed E-state index contributed by atoms with van der Waals surface area (Å²) in [6.45, 7) is 0.350. The average molecular weight is 276 g/mol. The Balaban J connectivity index is 2.03. The van der Waals surface area contributed by atoms with E-state index in [2.05, 4.69) is 11.8 Å². The third kappa shape index (κ3) is 3.59. The van der Waals surface area contributed by atoms with Crippen molar-refractivity contribution in [1.29, 1.82) is 0 Å². The van der Waals surface area contributed by atoms with E-state index in [-0.39, 0.29) is 5.91 Å². The molecule has 2 rings (SSSR count). The van der Waals surface area contributed by atoms with Crippen LogP contribution in [0.15, 0.2) is 11.4 Å². The van der Waals surface area contributed by atoms with Crippen molar-refractivity contribution >= 4 is 17.2 Å². The zero-order chi connectivity index (χ0) is 13.7. The van der Waals surface area contributed by atoms with Crippen LogP contribution < -0.4 is 5.73 Å². The number of amides is 1. The van der Waals surface area contributed by atoms with Crippen molar-refractivity contribution in [3.05, 3.63) is 21.9 Å². The van der Waals surface area contributed by atoms with Gasteiger partial charge < -0.3 is 10.6 Å². The van der Waals surface area contributed by atoms with Crippen molar-refractivity contribution in [3.63, 3.8) is 0 Å². The van der Waals surface area contributed by atoms with Crippen molar-refractivity contribution in [2.24, 2.45) is 5.73 Å². The molecule has 19 heavy (non-hydrogen) atoms. The molecule has 0 saturated heterocycles. The number of carbonyl (C=O) groups excluding carboxylic acids is 1. The van der Waals surface area contributed by atoms with Gasteiger partial charge in [-0.3, -0.25) is 4.79 Å². The molecule has 0 aromatic carbocycles. The molecule has 1 aliphatic carbocycles. The van der Waals surface area contributed by atoms with Crippen LogP contribution in [0.25, 0.3) is 0 Å². The zero-order valence-electron chi connectivity index (χ0n) is 11.3. The second-order valence-electron chi connectivity index (χ2n) is 4.91. The van der Waals surface area contributed by atoms with Crippen LogP contribution >= 0.6 is 11.3 Å². The fourth-order valence-electron chi connectivity index (χ4n) is 2.49. The maximum absolute atomic E-state index is 12.4. The molecule has 0 radical (unpaired) electrons. The summed E-state index contributed by atoms with van der Waals surface area (Å²) in [5.74, 6) is 5.90. The van der Waals surface area contributed by atoms with Crippen molar-refractivity contribution in [2.45, 2.75) is 38.1 Å². The van der Waals surface area contributed by atoms with Crippen LogP contribution in [-0.4, -0.2) is 30.4 Å². The van der Waals surface area contributed by atoms with Crippen molar-refractivity contribution in [1.82, 2.24) is 4.90 Å². The van der Waals surface area contributed by atoms with Gasteiger partial charge in [0.1, 0.15) is 0 Å².